The van der Waals surface area contributed by atoms with Gasteiger partial charge in [0.1, 0.15) is 0 Å². The highest BCUT2D eigenvalue weighted by Gasteiger charge is 2.36. The van der Waals surface area contributed by atoms with Gasteiger partial charge in [-0.15, -0.1) is 0 Å². The lowest BCUT2D eigenvalue weighted by molar-refractivity contribution is -0.870. The van der Waals surface area contributed by atoms with Gasteiger partial charge in [0, 0.05) is 5.54 Å². The molecule has 1 N–H and O–H groups in total. The number of nitrogens with one attached hydrogen (secondary N) is 1. The smallest absolute Gasteiger partial charge is 0.0780 e. The Kier molecular flexibility index (Phi) is 7.31. The third-order valence-electron chi connectivity index (χ3n) is 6.41. The van der Waals surface area contributed by atoms with Crippen LogP contribution in [0.2, 0.25) is 0 Å². The van der Waals surface area contributed by atoms with E-state index in [2.05, 4.69) is 87.1 Å². The number of hydrogen-bond donors (Lipinski definition) is 1. The van der Waals surface area contributed by atoms with Crippen molar-refractivity contribution < 1.29 is 4.48 Å². The highest BCUT2D eigenvalue weighted by Crippen LogP contribution is 2.43. The van der Waals surface area contributed by atoms with Crippen molar-refractivity contribution in [3.05, 3.63) is 71.8 Å². The van der Waals surface area contributed by atoms with Gasteiger partial charge in [0.2, 0.25) is 0 Å². The fourth-order valence-electron chi connectivity index (χ4n) is 4.71. The van der Waals surface area contributed by atoms with Crippen molar-refractivity contribution in [1.82, 2.24) is 5.32 Å². The lowest BCUT2D eigenvalue weighted by Gasteiger charge is -2.42. The Hall–Kier alpha value is -1.64. The van der Waals surface area contributed by atoms with E-state index in [-0.39, 0.29) is 5.54 Å². The second kappa shape index (κ2) is 9.71. The highest BCUT2D eigenvalue weighted by molar-refractivity contribution is 5.27. The highest BCUT2D eigenvalue weighted by atomic mass is 15.3. The topological polar surface area (TPSA) is 12.0 Å². The van der Waals surface area contributed by atoms with Gasteiger partial charge >= 0.3 is 0 Å². The summed E-state index contributed by atoms with van der Waals surface area (Å²) in [6, 6.07) is 22.3. The van der Waals surface area contributed by atoms with Crippen LogP contribution >= 0.6 is 0 Å². The molecule has 1 aliphatic rings. The molecule has 0 heterocycles. The molecule has 0 amide bonds. The first-order chi connectivity index (χ1) is 13.5. The summed E-state index contributed by atoms with van der Waals surface area (Å²) in [6.07, 6.45) is 8.92. The van der Waals surface area contributed by atoms with Crippen LogP contribution in [-0.4, -0.2) is 38.7 Å². The largest absolute Gasteiger partial charge is 0.331 e. The first-order valence-corrected chi connectivity index (χ1v) is 11.1. The van der Waals surface area contributed by atoms with Crippen molar-refractivity contribution in [1.29, 1.82) is 0 Å². The zero-order valence-corrected chi connectivity index (χ0v) is 18.2. The van der Waals surface area contributed by atoms with Gasteiger partial charge in [-0.05, 0) is 68.5 Å². The quantitative estimate of drug-likeness (QED) is 0.435. The Bertz CT molecular complexity index is 679. The Morgan fingerprint density at radius 1 is 0.821 bits per heavy atom. The Morgan fingerprint density at radius 2 is 1.43 bits per heavy atom. The van der Waals surface area contributed by atoms with Crippen LogP contribution in [-0.2, 0) is 5.54 Å². The maximum absolute atomic E-state index is 4.02. The van der Waals surface area contributed by atoms with Gasteiger partial charge in [-0.2, -0.15) is 0 Å². The summed E-state index contributed by atoms with van der Waals surface area (Å²) in [5.74, 6) is 0.712. The maximum atomic E-state index is 4.02. The summed E-state index contributed by atoms with van der Waals surface area (Å²) in [5, 5.41) is 4.02. The molecule has 28 heavy (non-hydrogen) atoms. The average Bonchev–Trinajstić information content (AvgIpc) is 2.71. The molecule has 1 aliphatic carbocycles. The molecule has 0 radical (unpaired) electrons. The number of quaternary nitrogens is 1. The molecule has 1 fully saturated rings. The minimum atomic E-state index is 0.159. The van der Waals surface area contributed by atoms with E-state index in [9.17, 15) is 0 Å². The van der Waals surface area contributed by atoms with Gasteiger partial charge in [-0.25, -0.2) is 0 Å². The second-order valence-corrected chi connectivity index (χ2v) is 9.63. The van der Waals surface area contributed by atoms with Crippen molar-refractivity contribution in [2.45, 2.75) is 56.4 Å². The van der Waals surface area contributed by atoms with Gasteiger partial charge in [0.25, 0.3) is 0 Å². The Morgan fingerprint density at radius 3 is 2.04 bits per heavy atom. The van der Waals surface area contributed by atoms with E-state index in [0.29, 0.717) is 5.92 Å². The summed E-state index contributed by atoms with van der Waals surface area (Å²) in [5.41, 5.74) is 3.16. The van der Waals surface area contributed by atoms with Crippen molar-refractivity contribution in [3.63, 3.8) is 0 Å². The van der Waals surface area contributed by atoms with Crippen LogP contribution in [0.4, 0.5) is 0 Å². The minimum absolute atomic E-state index is 0.159. The van der Waals surface area contributed by atoms with Crippen LogP contribution in [0.3, 0.4) is 0 Å². The molecule has 0 unspecified atom stereocenters. The minimum Gasteiger partial charge on any atom is -0.331 e. The summed E-state index contributed by atoms with van der Waals surface area (Å²) in [4.78, 5) is 0. The standard InChI is InChI=1S/C26H39N2/c1-28(2,3)22-12-6-11-21-27-26(25-15-9-5-10-16-25)19-17-24(18-20-26)23-13-7-4-8-14-23/h4-5,7-10,13-16,24,27H,6,11-12,17-22H2,1-3H3/q+1. The molecule has 0 aliphatic heterocycles. The molecule has 152 valence electrons. The van der Waals surface area contributed by atoms with E-state index in [1.807, 2.05) is 0 Å². The lowest BCUT2D eigenvalue weighted by Crippen LogP contribution is -2.45. The first-order valence-electron chi connectivity index (χ1n) is 11.1. The number of hydrogen-bond acceptors (Lipinski definition) is 1. The van der Waals surface area contributed by atoms with E-state index in [1.54, 1.807) is 0 Å². The van der Waals surface area contributed by atoms with E-state index < -0.39 is 0 Å². The molecule has 0 spiro atoms. The predicted molar refractivity (Wildman–Crippen MR) is 121 cm³/mol. The van der Waals surface area contributed by atoms with Crippen LogP contribution in [0, 0.1) is 0 Å². The summed E-state index contributed by atoms with van der Waals surface area (Å²) < 4.78 is 1.07. The number of unbranched alkanes of at least 4 members (excludes halogenated alkanes) is 2. The summed E-state index contributed by atoms with van der Waals surface area (Å²) in [7, 11) is 6.86. The van der Waals surface area contributed by atoms with Gasteiger partial charge in [-0.3, -0.25) is 0 Å². The molecule has 3 rings (SSSR count). The molecule has 0 bridgehead atoms. The van der Waals surface area contributed by atoms with Crippen molar-refractivity contribution in [2.24, 2.45) is 0 Å². The van der Waals surface area contributed by atoms with Gasteiger partial charge in [-0.1, -0.05) is 60.7 Å². The molecule has 0 atom stereocenters. The molecule has 0 aromatic heterocycles. The Balaban J connectivity index is 1.58. The molecule has 2 nitrogen and oxygen atoms in total. The van der Waals surface area contributed by atoms with E-state index in [4.69, 9.17) is 0 Å². The van der Waals surface area contributed by atoms with Gasteiger partial charge in [0.05, 0.1) is 27.7 Å². The zero-order chi connectivity index (χ0) is 19.9. The zero-order valence-electron chi connectivity index (χ0n) is 18.2. The van der Waals surface area contributed by atoms with Crippen LogP contribution in [0.15, 0.2) is 60.7 Å². The monoisotopic (exact) mass is 379 g/mol. The normalized spacial score (nSPS) is 22.9. The maximum Gasteiger partial charge on any atom is 0.0780 e. The summed E-state index contributed by atoms with van der Waals surface area (Å²) in [6.45, 7) is 2.39. The molecule has 1 saturated carbocycles. The van der Waals surface area contributed by atoms with Crippen LogP contribution in [0.1, 0.15) is 62.0 Å². The van der Waals surface area contributed by atoms with Crippen molar-refractivity contribution in [2.75, 3.05) is 34.2 Å². The molecular formula is C26H39N2+. The second-order valence-electron chi connectivity index (χ2n) is 9.63. The molecule has 2 aromatic carbocycles. The number of benzene rings is 2. The fourth-order valence-corrected chi connectivity index (χ4v) is 4.71. The number of nitrogens with zero attached hydrogens (tertiary/aromatic N) is 1. The van der Waals surface area contributed by atoms with E-state index >= 15 is 0 Å². The number of rotatable bonds is 9. The average molecular weight is 380 g/mol. The van der Waals surface area contributed by atoms with Crippen molar-refractivity contribution in [3.8, 4) is 0 Å². The first kappa shape index (κ1) is 21.1. The third-order valence-corrected chi connectivity index (χ3v) is 6.41. The molecular weight excluding hydrogens is 340 g/mol. The SMILES string of the molecule is C[N+](C)(C)CCCCCNC1(c2ccccc2)CCC(c2ccccc2)CC1. The van der Waals surface area contributed by atoms with E-state index in [1.165, 1.54) is 62.6 Å². The molecule has 2 heteroatoms. The van der Waals surface area contributed by atoms with E-state index in [0.717, 1.165) is 11.0 Å². The Labute approximate surface area is 172 Å². The van der Waals surface area contributed by atoms with Crippen LogP contribution < -0.4 is 5.32 Å². The molecule has 0 saturated heterocycles. The summed E-state index contributed by atoms with van der Waals surface area (Å²) >= 11 is 0. The van der Waals surface area contributed by atoms with Gasteiger partial charge < -0.3 is 9.80 Å². The van der Waals surface area contributed by atoms with Crippen LogP contribution in [0.25, 0.3) is 0 Å². The fraction of sp³-hybridized carbons (Fsp3) is 0.538. The van der Waals surface area contributed by atoms with Crippen molar-refractivity contribution >= 4 is 0 Å². The lowest BCUT2D eigenvalue weighted by atomic mass is 9.71. The third kappa shape index (κ3) is 5.93. The predicted octanol–water partition coefficient (Wildman–Crippen LogP) is 5.71. The van der Waals surface area contributed by atoms with Crippen LogP contribution in [0.5, 0.6) is 0 Å². The molecule has 2 aromatic rings. The van der Waals surface area contributed by atoms with Gasteiger partial charge in [0.15, 0.2) is 0 Å².